The number of hydrogen-bond acceptors (Lipinski definition) is 2. The highest BCUT2D eigenvalue weighted by Crippen LogP contribution is 2.19. The molecule has 1 rings (SSSR count). The van der Waals surface area contributed by atoms with Gasteiger partial charge >= 0.3 is 6.18 Å². The summed E-state index contributed by atoms with van der Waals surface area (Å²) in [5, 5.41) is 4.70. The summed E-state index contributed by atoms with van der Waals surface area (Å²) in [6.45, 7) is 0.229. The number of anilines is 2. The number of hydrogen-bond donors (Lipinski definition) is 2. The average molecular weight is 232 g/mol. The molecule has 0 spiro atoms. The van der Waals surface area contributed by atoms with Crippen LogP contribution in [0.25, 0.3) is 0 Å². The number of alkyl halides is 3. The summed E-state index contributed by atoms with van der Waals surface area (Å²) in [7, 11) is 0. The fraction of sp³-hybridized carbons (Fsp3) is 0.300. The summed E-state index contributed by atoms with van der Waals surface area (Å²) in [6.07, 6.45) is -4.26. The van der Waals surface area contributed by atoms with Gasteiger partial charge in [-0.3, -0.25) is 4.79 Å². The molecule has 0 saturated heterocycles. The van der Waals surface area contributed by atoms with Gasteiger partial charge in [0.15, 0.2) is 0 Å². The van der Waals surface area contributed by atoms with E-state index in [1.54, 1.807) is 12.1 Å². The summed E-state index contributed by atoms with van der Waals surface area (Å²) in [6, 6.07) is 6.09. The van der Waals surface area contributed by atoms with Gasteiger partial charge in [0.05, 0.1) is 0 Å². The van der Waals surface area contributed by atoms with Crippen molar-refractivity contribution in [2.75, 3.05) is 17.2 Å². The third kappa shape index (κ3) is 4.68. The van der Waals surface area contributed by atoms with Crippen molar-refractivity contribution in [3.05, 3.63) is 24.3 Å². The van der Waals surface area contributed by atoms with E-state index in [0.717, 1.165) is 0 Å². The van der Waals surface area contributed by atoms with Crippen molar-refractivity contribution in [1.29, 1.82) is 0 Å². The van der Waals surface area contributed by atoms with Gasteiger partial charge in [0.25, 0.3) is 0 Å². The number of amides is 1. The smallest absolute Gasteiger partial charge is 0.376 e. The summed E-state index contributed by atoms with van der Waals surface area (Å²) < 4.78 is 35.8. The molecule has 0 heterocycles. The molecule has 0 aliphatic carbocycles. The molecule has 16 heavy (non-hydrogen) atoms. The zero-order chi connectivity index (χ0) is 12.2. The molecule has 88 valence electrons. The molecule has 6 heteroatoms. The topological polar surface area (TPSA) is 41.1 Å². The lowest BCUT2D eigenvalue weighted by atomic mass is 10.2. The van der Waals surface area contributed by atoms with Gasteiger partial charge in [-0.1, -0.05) is 6.07 Å². The molecule has 2 N–H and O–H groups in total. The maximum atomic E-state index is 11.9. The molecule has 0 bridgehead atoms. The van der Waals surface area contributed by atoms with Crippen LogP contribution in [-0.4, -0.2) is 18.6 Å². The Hall–Kier alpha value is -1.72. The van der Waals surface area contributed by atoms with Gasteiger partial charge in [-0.05, 0) is 18.2 Å². The number of carbonyl (C=O) groups excluding carboxylic acids is 1. The van der Waals surface area contributed by atoms with Gasteiger partial charge in [0.1, 0.15) is 6.54 Å². The molecule has 1 amide bonds. The predicted molar refractivity (Wildman–Crippen MR) is 55.3 cm³/mol. The highest BCUT2D eigenvalue weighted by molar-refractivity contribution is 5.89. The molecule has 1 aromatic rings. The maximum absolute atomic E-state index is 11.9. The van der Waals surface area contributed by atoms with Gasteiger partial charge in [-0.25, -0.2) is 0 Å². The van der Waals surface area contributed by atoms with Crippen molar-refractivity contribution in [2.45, 2.75) is 13.1 Å². The molecule has 0 aliphatic heterocycles. The van der Waals surface area contributed by atoms with Crippen LogP contribution in [-0.2, 0) is 4.79 Å². The predicted octanol–water partition coefficient (Wildman–Crippen LogP) is 2.62. The van der Waals surface area contributed by atoms with Crippen molar-refractivity contribution in [1.82, 2.24) is 0 Å². The first kappa shape index (κ1) is 12.4. The lowest BCUT2D eigenvalue weighted by Gasteiger charge is -2.10. The van der Waals surface area contributed by atoms with E-state index in [0.29, 0.717) is 11.4 Å². The van der Waals surface area contributed by atoms with Crippen molar-refractivity contribution in [3.8, 4) is 0 Å². The monoisotopic (exact) mass is 232 g/mol. The second-order valence-corrected chi connectivity index (χ2v) is 3.23. The Morgan fingerprint density at radius 3 is 2.50 bits per heavy atom. The fourth-order valence-electron chi connectivity index (χ4n) is 1.11. The van der Waals surface area contributed by atoms with E-state index in [1.807, 2.05) is 0 Å². The second kappa shape index (κ2) is 4.87. The highest BCUT2D eigenvalue weighted by Gasteiger charge is 2.26. The van der Waals surface area contributed by atoms with E-state index in [1.165, 1.54) is 19.1 Å². The Morgan fingerprint density at radius 1 is 1.31 bits per heavy atom. The van der Waals surface area contributed by atoms with E-state index in [4.69, 9.17) is 0 Å². The van der Waals surface area contributed by atoms with Gasteiger partial charge in [-0.2, -0.15) is 13.2 Å². The number of nitrogens with one attached hydrogen (secondary N) is 2. The molecular weight excluding hydrogens is 221 g/mol. The molecule has 0 aromatic heterocycles. The first-order valence-corrected chi connectivity index (χ1v) is 4.55. The van der Waals surface area contributed by atoms with Crippen LogP contribution >= 0.6 is 0 Å². The average Bonchev–Trinajstić information content (AvgIpc) is 2.13. The summed E-state index contributed by atoms with van der Waals surface area (Å²) in [5.41, 5.74) is 0.767. The first-order chi connectivity index (χ1) is 7.37. The van der Waals surface area contributed by atoms with Crippen LogP contribution in [0, 0.1) is 0 Å². The molecule has 0 unspecified atom stereocenters. The van der Waals surface area contributed by atoms with E-state index in [2.05, 4.69) is 10.6 Å². The summed E-state index contributed by atoms with van der Waals surface area (Å²) >= 11 is 0. The van der Waals surface area contributed by atoms with Crippen molar-refractivity contribution >= 4 is 17.3 Å². The van der Waals surface area contributed by atoms with Gasteiger partial charge < -0.3 is 10.6 Å². The van der Waals surface area contributed by atoms with Gasteiger partial charge in [0, 0.05) is 18.3 Å². The molecule has 0 saturated carbocycles. The highest BCUT2D eigenvalue weighted by atomic mass is 19.4. The second-order valence-electron chi connectivity index (χ2n) is 3.23. The van der Waals surface area contributed by atoms with Crippen LogP contribution in [0.15, 0.2) is 24.3 Å². The Labute approximate surface area is 90.6 Å². The van der Waals surface area contributed by atoms with Crippen LogP contribution in [0.2, 0.25) is 0 Å². The largest absolute Gasteiger partial charge is 0.405 e. The Morgan fingerprint density at radius 2 is 1.94 bits per heavy atom. The molecule has 1 aromatic carbocycles. The minimum Gasteiger partial charge on any atom is -0.376 e. The van der Waals surface area contributed by atoms with Crippen molar-refractivity contribution in [2.24, 2.45) is 0 Å². The third-order valence-electron chi connectivity index (χ3n) is 1.68. The summed E-state index contributed by atoms with van der Waals surface area (Å²) in [5.74, 6) is -0.270. The number of benzene rings is 1. The fourth-order valence-corrected chi connectivity index (χ4v) is 1.11. The van der Waals surface area contributed by atoms with Crippen LogP contribution in [0.4, 0.5) is 24.5 Å². The Bertz CT molecular complexity index is 377. The normalized spacial score (nSPS) is 11.0. The van der Waals surface area contributed by atoms with E-state index in [9.17, 15) is 18.0 Å². The number of carbonyl (C=O) groups is 1. The van der Waals surface area contributed by atoms with E-state index >= 15 is 0 Å². The molecule has 0 radical (unpaired) electrons. The molecule has 0 atom stereocenters. The van der Waals surface area contributed by atoms with Crippen molar-refractivity contribution < 1.29 is 18.0 Å². The quantitative estimate of drug-likeness (QED) is 0.841. The lowest BCUT2D eigenvalue weighted by Crippen LogP contribution is -2.21. The third-order valence-corrected chi connectivity index (χ3v) is 1.68. The molecule has 0 fully saturated rings. The van der Waals surface area contributed by atoms with Crippen LogP contribution in [0.5, 0.6) is 0 Å². The zero-order valence-corrected chi connectivity index (χ0v) is 8.56. The maximum Gasteiger partial charge on any atom is 0.405 e. The molecule has 3 nitrogen and oxygen atoms in total. The molecule has 0 aliphatic rings. The SMILES string of the molecule is CC(=O)Nc1cccc(NCC(F)(F)F)c1. The minimum atomic E-state index is -4.26. The van der Waals surface area contributed by atoms with Gasteiger partial charge in [-0.15, -0.1) is 0 Å². The van der Waals surface area contributed by atoms with Crippen molar-refractivity contribution in [3.63, 3.8) is 0 Å². The Balaban J connectivity index is 2.64. The van der Waals surface area contributed by atoms with E-state index < -0.39 is 12.7 Å². The zero-order valence-electron chi connectivity index (χ0n) is 8.56. The lowest BCUT2D eigenvalue weighted by molar-refractivity contribution is -0.115. The summed E-state index contributed by atoms with van der Waals surface area (Å²) in [4.78, 5) is 10.7. The number of rotatable bonds is 3. The van der Waals surface area contributed by atoms with E-state index in [-0.39, 0.29) is 5.91 Å². The minimum absolute atomic E-state index is 0.270. The van der Waals surface area contributed by atoms with Gasteiger partial charge in [0.2, 0.25) is 5.91 Å². The Kier molecular flexibility index (Phi) is 3.76. The first-order valence-electron chi connectivity index (χ1n) is 4.55. The van der Waals surface area contributed by atoms with Crippen LogP contribution < -0.4 is 10.6 Å². The number of halogens is 3. The standard InChI is InChI=1S/C10H11F3N2O/c1-7(16)15-9-4-2-3-8(5-9)14-6-10(11,12)13/h2-5,14H,6H2,1H3,(H,15,16). The molecular formula is C10H11F3N2O. The van der Waals surface area contributed by atoms with Crippen LogP contribution in [0.1, 0.15) is 6.92 Å². The van der Waals surface area contributed by atoms with Crippen LogP contribution in [0.3, 0.4) is 0 Å².